The first kappa shape index (κ1) is 17.2. The first-order valence-corrected chi connectivity index (χ1v) is 10.0. The van der Waals surface area contributed by atoms with Crippen LogP contribution in [0.4, 0.5) is 0 Å². The van der Waals surface area contributed by atoms with Crippen molar-refractivity contribution in [1.29, 1.82) is 0 Å². The van der Waals surface area contributed by atoms with Gasteiger partial charge in [0.2, 0.25) is 0 Å². The zero-order valence-electron chi connectivity index (χ0n) is 14.7. The molecule has 5 nitrogen and oxygen atoms in total. The average Bonchev–Trinajstić information content (AvgIpc) is 3.25. The van der Waals surface area contributed by atoms with Crippen molar-refractivity contribution in [1.82, 2.24) is 9.88 Å². The fourth-order valence-corrected chi connectivity index (χ4v) is 5.05. The number of benzene rings is 1. The molecule has 3 unspecified atom stereocenters. The smallest absolute Gasteiger partial charge is 0.326 e. The van der Waals surface area contributed by atoms with Crippen LogP contribution in [0.1, 0.15) is 47.5 Å². The van der Waals surface area contributed by atoms with Crippen LogP contribution in [-0.4, -0.2) is 39.0 Å². The number of carbonyl (C=O) groups is 2. The van der Waals surface area contributed by atoms with Gasteiger partial charge in [-0.3, -0.25) is 4.79 Å². The molecule has 2 aliphatic rings. The number of carbonyl (C=O) groups excluding carboxylic acids is 1. The summed E-state index contributed by atoms with van der Waals surface area (Å²) in [5.74, 6) is -0.738. The first-order valence-electron chi connectivity index (χ1n) is 9.12. The number of amides is 1. The number of thiazole rings is 1. The molecule has 1 aliphatic heterocycles. The highest BCUT2D eigenvalue weighted by Gasteiger charge is 2.47. The summed E-state index contributed by atoms with van der Waals surface area (Å²) in [4.78, 5) is 31.2. The van der Waals surface area contributed by atoms with Gasteiger partial charge in [-0.25, -0.2) is 9.78 Å². The van der Waals surface area contributed by atoms with Crippen molar-refractivity contribution in [3.8, 4) is 11.3 Å². The van der Waals surface area contributed by atoms with E-state index in [0.717, 1.165) is 41.9 Å². The summed E-state index contributed by atoms with van der Waals surface area (Å²) in [6.07, 6.45) is 4.71. The quantitative estimate of drug-likeness (QED) is 0.887. The molecule has 3 atom stereocenters. The molecule has 1 aliphatic carbocycles. The van der Waals surface area contributed by atoms with Crippen molar-refractivity contribution < 1.29 is 14.7 Å². The molecule has 4 rings (SSSR count). The summed E-state index contributed by atoms with van der Waals surface area (Å²) < 4.78 is 0. The van der Waals surface area contributed by atoms with Gasteiger partial charge in [-0.2, -0.15) is 0 Å². The first-order chi connectivity index (χ1) is 12.5. The zero-order chi connectivity index (χ0) is 18.3. The van der Waals surface area contributed by atoms with Gasteiger partial charge in [-0.15, -0.1) is 11.3 Å². The topological polar surface area (TPSA) is 70.5 Å². The SMILES string of the molecule is Cc1nc(-c2cccc(C(=O)N3C(C(=O)O)CC4CCCCC43)c2)cs1. The summed E-state index contributed by atoms with van der Waals surface area (Å²) in [5.41, 5.74) is 2.30. The van der Waals surface area contributed by atoms with Crippen LogP contribution in [0.2, 0.25) is 0 Å². The third-order valence-electron chi connectivity index (χ3n) is 5.63. The molecule has 0 bridgehead atoms. The molecule has 26 heavy (non-hydrogen) atoms. The van der Waals surface area contributed by atoms with Crippen LogP contribution in [-0.2, 0) is 4.79 Å². The van der Waals surface area contributed by atoms with E-state index in [-0.39, 0.29) is 11.9 Å². The van der Waals surface area contributed by atoms with Gasteiger partial charge >= 0.3 is 5.97 Å². The Bertz CT molecular complexity index is 847. The maximum Gasteiger partial charge on any atom is 0.326 e. The predicted octanol–water partition coefficient (Wildman–Crippen LogP) is 3.98. The summed E-state index contributed by atoms with van der Waals surface area (Å²) in [5, 5.41) is 12.6. The molecule has 0 radical (unpaired) electrons. The van der Waals surface area contributed by atoms with Gasteiger partial charge in [-0.1, -0.05) is 25.0 Å². The number of hydrogen-bond donors (Lipinski definition) is 1. The lowest BCUT2D eigenvalue weighted by molar-refractivity contribution is -0.141. The molecule has 2 fully saturated rings. The predicted molar refractivity (Wildman–Crippen MR) is 100 cm³/mol. The van der Waals surface area contributed by atoms with Crippen molar-refractivity contribution in [3.63, 3.8) is 0 Å². The third kappa shape index (κ3) is 3.03. The van der Waals surface area contributed by atoms with E-state index in [1.165, 1.54) is 0 Å². The Morgan fingerprint density at radius 3 is 2.81 bits per heavy atom. The Labute approximate surface area is 156 Å². The van der Waals surface area contributed by atoms with Crippen LogP contribution < -0.4 is 0 Å². The van der Waals surface area contributed by atoms with Gasteiger partial charge in [0.25, 0.3) is 5.91 Å². The molecule has 136 valence electrons. The minimum atomic E-state index is -0.890. The molecule has 1 aromatic carbocycles. The van der Waals surface area contributed by atoms with E-state index in [2.05, 4.69) is 4.98 Å². The molecule has 2 aromatic rings. The molecule has 1 saturated heterocycles. The number of fused-ring (bicyclic) bond motifs is 1. The van der Waals surface area contributed by atoms with E-state index in [1.54, 1.807) is 22.3 Å². The van der Waals surface area contributed by atoms with Crippen LogP contribution in [0.15, 0.2) is 29.6 Å². The number of aryl methyl sites for hydroxylation is 1. The minimum Gasteiger partial charge on any atom is -0.480 e. The van der Waals surface area contributed by atoms with Crippen molar-refractivity contribution in [2.24, 2.45) is 5.92 Å². The van der Waals surface area contributed by atoms with Gasteiger partial charge < -0.3 is 10.0 Å². The highest BCUT2D eigenvalue weighted by atomic mass is 32.1. The Morgan fingerprint density at radius 1 is 1.27 bits per heavy atom. The highest BCUT2D eigenvalue weighted by Crippen LogP contribution is 2.40. The monoisotopic (exact) mass is 370 g/mol. The number of carboxylic acid groups (broad SMARTS) is 1. The maximum atomic E-state index is 13.3. The van der Waals surface area contributed by atoms with E-state index >= 15 is 0 Å². The fourth-order valence-electron chi connectivity index (χ4n) is 4.43. The third-order valence-corrected chi connectivity index (χ3v) is 6.41. The number of rotatable bonds is 3. The van der Waals surface area contributed by atoms with Crippen LogP contribution in [0.5, 0.6) is 0 Å². The van der Waals surface area contributed by atoms with Gasteiger partial charge in [-0.05, 0) is 44.2 Å². The normalized spacial score (nSPS) is 25.1. The largest absolute Gasteiger partial charge is 0.480 e. The second kappa shape index (κ2) is 6.83. The number of aromatic nitrogens is 1. The van der Waals surface area contributed by atoms with Crippen molar-refractivity contribution in [3.05, 3.63) is 40.2 Å². The lowest BCUT2D eigenvalue weighted by Gasteiger charge is -2.33. The number of nitrogens with zero attached hydrogens (tertiary/aromatic N) is 2. The van der Waals surface area contributed by atoms with Crippen LogP contribution in [0, 0.1) is 12.8 Å². The molecule has 6 heteroatoms. The van der Waals surface area contributed by atoms with Gasteiger partial charge in [0.05, 0.1) is 10.7 Å². The Morgan fingerprint density at radius 2 is 2.08 bits per heavy atom. The Hall–Kier alpha value is -2.21. The second-order valence-corrected chi connectivity index (χ2v) is 8.31. The molecule has 1 aromatic heterocycles. The number of carboxylic acids is 1. The lowest BCUT2D eigenvalue weighted by atomic mass is 9.84. The van der Waals surface area contributed by atoms with Crippen molar-refractivity contribution >= 4 is 23.2 Å². The van der Waals surface area contributed by atoms with Gasteiger partial charge in [0.1, 0.15) is 6.04 Å². The minimum absolute atomic E-state index is 0.0579. The molecule has 0 spiro atoms. The number of likely N-dealkylation sites (tertiary alicyclic amines) is 1. The summed E-state index contributed by atoms with van der Waals surface area (Å²) in [6.45, 7) is 1.95. The molecule has 1 amide bonds. The van der Waals surface area contributed by atoms with Crippen LogP contribution in [0.25, 0.3) is 11.3 Å². The van der Waals surface area contributed by atoms with E-state index in [4.69, 9.17) is 0 Å². The van der Waals surface area contributed by atoms with Gasteiger partial charge in [0.15, 0.2) is 0 Å². The standard InChI is InChI=1S/C20H22N2O3S/c1-12-21-16(11-26-12)13-6-4-7-15(9-13)19(23)22-17-8-3-2-5-14(17)10-18(22)20(24)25/h4,6-7,9,11,14,17-18H,2-3,5,8,10H2,1H3,(H,24,25). The molecule has 1 saturated carbocycles. The average molecular weight is 370 g/mol. The van der Waals surface area contributed by atoms with E-state index in [9.17, 15) is 14.7 Å². The maximum absolute atomic E-state index is 13.3. The van der Waals surface area contributed by atoms with Gasteiger partial charge in [0, 0.05) is 22.5 Å². The van der Waals surface area contributed by atoms with Crippen molar-refractivity contribution in [2.75, 3.05) is 0 Å². The number of hydrogen-bond acceptors (Lipinski definition) is 4. The van der Waals surface area contributed by atoms with Crippen molar-refractivity contribution in [2.45, 2.75) is 51.1 Å². The molecule has 2 heterocycles. The fraction of sp³-hybridized carbons (Fsp3) is 0.450. The Balaban J connectivity index is 1.66. The summed E-state index contributed by atoms with van der Waals surface area (Å²) >= 11 is 1.57. The Kier molecular flexibility index (Phi) is 4.53. The number of aliphatic carboxylic acids is 1. The zero-order valence-corrected chi connectivity index (χ0v) is 15.5. The lowest BCUT2D eigenvalue weighted by Crippen LogP contribution is -2.46. The van der Waals surface area contributed by atoms with E-state index < -0.39 is 12.0 Å². The molecule has 1 N–H and O–H groups in total. The van der Waals surface area contributed by atoms with Crippen LogP contribution in [0.3, 0.4) is 0 Å². The van der Waals surface area contributed by atoms with E-state index in [1.807, 2.05) is 30.5 Å². The summed E-state index contributed by atoms with van der Waals surface area (Å²) in [6, 6.07) is 6.75. The summed E-state index contributed by atoms with van der Waals surface area (Å²) in [7, 11) is 0. The van der Waals surface area contributed by atoms with E-state index in [0.29, 0.717) is 17.9 Å². The second-order valence-electron chi connectivity index (χ2n) is 7.25. The van der Waals surface area contributed by atoms with Crippen LogP contribution >= 0.6 is 11.3 Å². The highest BCUT2D eigenvalue weighted by molar-refractivity contribution is 7.09. The molecular weight excluding hydrogens is 348 g/mol. The molecular formula is C20H22N2O3S.